The topological polar surface area (TPSA) is 81.4 Å². The number of nitrogens with two attached hydrogens (primary N) is 1. The first kappa shape index (κ1) is 15.2. The normalized spacial score (nSPS) is 11.0. The third-order valence-electron chi connectivity index (χ3n) is 2.37. The van der Waals surface area contributed by atoms with E-state index in [4.69, 9.17) is 10.5 Å². The maximum Gasteiger partial charge on any atom is 0.412 e. The van der Waals surface area contributed by atoms with Crippen molar-refractivity contribution in [1.82, 2.24) is 0 Å². The Morgan fingerprint density at radius 2 is 1.95 bits per heavy atom. The summed E-state index contributed by atoms with van der Waals surface area (Å²) in [4.78, 5) is 23.1. The molecule has 0 aromatic heterocycles. The SMILES string of the molecule is Cc1cc(C(=O)CN)ccc1NC(=O)OC(C)(C)C. The van der Waals surface area contributed by atoms with Gasteiger partial charge in [-0.05, 0) is 51.5 Å². The Balaban J connectivity index is 2.81. The third-order valence-corrected chi connectivity index (χ3v) is 2.37. The van der Waals surface area contributed by atoms with E-state index in [1.54, 1.807) is 45.9 Å². The van der Waals surface area contributed by atoms with Crippen molar-refractivity contribution < 1.29 is 14.3 Å². The van der Waals surface area contributed by atoms with Crippen LogP contribution in [-0.2, 0) is 4.74 Å². The Bertz CT molecular complexity index is 490. The maximum atomic E-state index is 11.6. The van der Waals surface area contributed by atoms with Crippen LogP contribution < -0.4 is 11.1 Å². The molecule has 0 aliphatic heterocycles. The molecule has 0 radical (unpaired) electrons. The number of carbonyl (C=O) groups is 2. The van der Waals surface area contributed by atoms with Crippen molar-refractivity contribution in [3.63, 3.8) is 0 Å². The van der Waals surface area contributed by atoms with Gasteiger partial charge in [-0.3, -0.25) is 10.1 Å². The fourth-order valence-electron chi connectivity index (χ4n) is 1.51. The zero-order chi connectivity index (χ0) is 14.6. The lowest BCUT2D eigenvalue weighted by molar-refractivity contribution is 0.0635. The number of anilines is 1. The molecule has 0 heterocycles. The highest BCUT2D eigenvalue weighted by molar-refractivity contribution is 5.98. The number of hydrogen-bond donors (Lipinski definition) is 2. The van der Waals surface area contributed by atoms with Gasteiger partial charge in [0.05, 0.1) is 6.54 Å². The summed E-state index contributed by atoms with van der Waals surface area (Å²) < 4.78 is 5.16. The monoisotopic (exact) mass is 264 g/mol. The second-order valence-electron chi connectivity index (χ2n) is 5.28. The maximum absolute atomic E-state index is 11.6. The van der Waals surface area contributed by atoms with Crippen LogP contribution in [0.1, 0.15) is 36.7 Å². The quantitative estimate of drug-likeness (QED) is 0.822. The fourth-order valence-corrected chi connectivity index (χ4v) is 1.51. The van der Waals surface area contributed by atoms with Gasteiger partial charge in [0.25, 0.3) is 0 Å². The van der Waals surface area contributed by atoms with E-state index in [0.717, 1.165) is 5.56 Å². The van der Waals surface area contributed by atoms with Crippen molar-refractivity contribution in [2.24, 2.45) is 5.73 Å². The largest absolute Gasteiger partial charge is 0.444 e. The Morgan fingerprint density at radius 1 is 1.32 bits per heavy atom. The molecule has 1 amide bonds. The lowest BCUT2D eigenvalue weighted by atomic mass is 10.1. The first-order chi connectivity index (χ1) is 8.73. The van der Waals surface area contributed by atoms with Crippen molar-refractivity contribution in [3.8, 4) is 0 Å². The zero-order valence-electron chi connectivity index (χ0n) is 11.7. The highest BCUT2D eigenvalue weighted by Gasteiger charge is 2.17. The first-order valence-electron chi connectivity index (χ1n) is 6.07. The molecule has 104 valence electrons. The number of nitrogens with one attached hydrogen (secondary N) is 1. The summed E-state index contributed by atoms with van der Waals surface area (Å²) in [6, 6.07) is 5.00. The minimum absolute atomic E-state index is 0.0295. The zero-order valence-corrected chi connectivity index (χ0v) is 11.7. The van der Waals surface area contributed by atoms with Crippen LogP contribution >= 0.6 is 0 Å². The molecule has 1 aromatic carbocycles. The molecule has 5 nitrogen and oxygen atoms in total. The van der Waals surface area contributed by atoms with E-state index >= 15 is 0 Å². The molecular weight excluding hydrogens is 244 g/mol. The lowest BCUT2D eigenvalue weighted by Gasteiger charge is -2.20. The molecule has 0 saturated carbocycles. The van der Waals surface area contributed by atoms with Gasteiger partial charge >= 0.3 is 6.09 Å². The summed E-state index contributed by atoms with van der Waals surface area (Å²) >= 11 is 0. The predicted molar refractivity (Wildman–Crippen MR) is 74.4 cm³/mol. The van der Waals surface area contributed by atoms with Gasteiger partial charge < -0.3 is 10.5 Å². The number of amides is 1. The lowest BCUT2D eigenvalue weighted by Crippen LogP contribution is -2.27. The van der Waals surface area contributed by atoms with Gasteiger partial charge in [-0.25, -0.2) is 4.79 Å². The Kier molecular flexibility index (Phi) is 4.67. The first-order valence-corrected chi connectivity index (χ1v) is 6.07. The summed E-state index contributed by atoms with van der Waals surface area (Å²) in [7, 11) is 0. The van der Waals surface area contributed by atoms with Crippen molar-refractivity contribution in [3.05, 3.63) is 29.3 Å². The molecule has 0 unspecified atom stereocenters. The van der Waals surface area contributed by atoms with E-state index < -0.39 is 11.7 Å². The summed E-state index contributed by atoms with van der Waals surface area (Å²) in [5, 5.41) is 2.65. The number of benzene rings is 1. The van der Waals surface area contributed by atoms with Gasteiger partial charge in [-0.1, -0.05) is 0 Å². The average Bonchev–Trinajstić information content (AvgIpc) is 2.28. The summed E-state index contributed by atoms with van der Waals surface area (Å²) in [5.41, 5.74) is 6.69. The molecule has 0 spiro atoms. The van der Waals surface area contributed by atoms with Crippen molar-refractivity contribution in [2.75, 3.05) is 11.9 Å². The molecule has 0 atom stereocenters. The summed E-state index contributed by atoms with van der Waals surface area (Å²) in [6.07, 6.45) is -0.520. The van der Waals surface area contributed by atoms with E-state index in [1.807, 2.05) is 0 Å². The van der Waals surface area contributed by atoms with Crippen molar-refractivity contribution >= 4 is 17.6 Å². The molecule has 0 aliphatic rings. The van der Waals surface area contributed by atoms with Crippen LogP contribution in [0.4, 0.5) is 10.5 Å². The molecule has 0 saturated heterocycles. The smallest absolute Gasteiger partial charge is 0.412 e. The molecule has 3 N–H and O–H groups in total. The van der Waals surface area contributed by atoms with Gasteiger partial charge in [0.1, 0.15) is 5.60 Å². The van der Waals surface area contributed by atoms with Crippen LogP contribution in [0.15, 0.2) is 18.2 Å². The van der Waals surface area contributed by atoms with Crippen LogP contribution in [-0.4, -0.2) is 24.0 Å². The summed E-state index contributed by atoms with van der Waals surface area (Å²) in [6.45, 7) is 7.16. The van der Waals surface area contributed by atoms with Crippen LogP contribution in [0.5, 0.6) is 0 Å². The summed E-state index contributed by atoms with van der Waals surface area (Å²) in [5.74, 6) is -0.132. The minimum atomic E-state index is -0.548. The molecule has 0 aliphatic carbocycles. The molecule has 0 fully saturated rings. The minimum Gasteiger partial charge on any atom is -0.444 e. The molecular formula is C14H20N2O3. The average molecular weight is 264 g/mol. The third kappa shape index (κ3) is 4.71. The molecule has 5 heteroatoms. The van der Waals surface area contributed by atoms with Crippen LogP contribution in [0, 0.1) is 6.92 Å². The van der Waals surface area contributed by atoms with E-state index in [1.165, 1.54) is 0 Å². The second-order valence-corrected chi connectivity index (χ2v) is 5.28. The van der Waals surface area contributed by atoms with Crippen molar-refractivity contribution in [2.45, 2.75) is 33.3 Å². The standard InChI is InChI=1S/C14H20N2O3/c1-9-7-10(12(17)8-15)5-6-11(9)16-13(18)19-14(2,3)4/h5-7H,8,15H2,1-4H3,(H,16,18). The van der Waals surface area contributed by atoms with Crippen LogP contribution in [0.3, 0.4) is 0 Å². The van der Waals surface area contributed by atoms with Crippen molar-refractivity contribution in [1.29, 1.82) is 0 Å². The molecule has 0 bridgehead atoms. The fraction of sp³-hybridized carbons (Fsp3) is 0.429. The van der Waals surface area contributed by atoms with Gasteiger partial charge in [0.2, 0.25) is 0 Å². The van der Waals surface area contributed by atoms with E-state index in [2.05, 4.69) is 5.32 Å². The highest BCUT2D eigenvalue weighted by atomic mass is 16.6. The Morgan fingerprint density at radius 3 is 2.42 bits per heavy atom. The second kappa shape index (κ2) is 5.84. The van der Waals surface area contributed by atoms with Crippen LogP contribution in [0.25, 0.3) is 0 Å². The number of Topliss-reactive ketones (excluding diaryl/α,β-unsaturated/α-hetero) is 1. The highest BCUT2D eigenvalue weighted by Crippen LogP contribution is 2.18. The van der Waals surface area contributed by atoms with E-state index in [-0.39, 0.29) is 12.3 Å². The van der Waals surface area contributed by atoms with E-state index in [0.29, 0.717) is 11.3 Å². The Labute approximate surface area is 113 Å². The predicted octanol–water partition coefficient (Wildman–Crippen LogP) is 2.48. The molecule has 19 heavy (non-hydrogen) atoms. The number of aryl methyl sites for hydroxylation is 1. The van der Waals surface area contributed by atoms with Gasteiger partial charge in [0.15, 0.2) is 5.78 Å². The molecule has 1 aromatic rings. The van der Waals surface area contributed by atoms with Crippen LogP contribution in [0.2, 0.25) is 0 Å². The Hall–Kier alpha value is -1.88. The van der Waals surface area contributed by atoms with Gasteiger partial charge in [0, 0.05) is 11.3 Å². The van der Waals surface area contributed by atoms with Gasteiger partial charge in [-0.2, -0.15) is 0 Å². The van der Waals surface area contributed by atoms with Gasteiger partial charge in [-0.15, -0.1) is 0 Å². The number of ether oxygens (including phenoxy) is 1. The number of hydrogen-bond acceptors (Lipinski definition) is 4. The number of ketones is 1. The van der Waals surface area contributed by atoms with E-state index in [9.17, 15) is 9.59 Å². The number of rotatable bonds is 3. The number of carbonyl (C=O) groups excluding carboxylic acids is 2. The molecule has 1 rings (SSSR count).